The summed E-state index contributed by atoms with van der Waals surface area (Å²) in [4.78, 5) is 0. The number of ether oxygens (including phenoxy) is 2. The first-order valence-corrected chi connectivity index (χ1v) is 6.40. The van der Waals surface area contributed by atoms with E-state index in [0.717, 1.165) is 22.6 Å². The highest BCUT2D eigenvalue weighted by atomic mass is 16.5. The lowest BCUT2D eigenvalue weighted by molar-refractivity contribution is -0.0690. The molecule has 0 atom stereocenters. The maximum Gasteiger partial charge on any atom is 0.145 e. The van der Waals surface area contributed by atoms with Crippen molar-refractivity contribution in [3.05, 3.63) is 22.8 Å². The molecule has 0 bridgehead atoms. The van der Waals surface area contributed by atoms with E-state index >= 15 is 0 Å². The number of anilines is 1. The molecule has 1 heterocycles. The summed E-state index contributed by atoms with van der Waals surface area (Å²) in [5.41, 5.74) is 4.06. The summed E-state index contributed by atoms with van der Waals surface area (Å²) in [6, 6.07) is 4.48. The molecule has 1 fully saturated rings. The van der Waals surface area contributed by atoms with Crippen molar-refractivity contribution in [2.75, 3.05) is 32.2 Å². The molecule has 102 valence electrons. The van der Waals surface area contributed by atoms with Crippen LogP contribution < -0.4 is 10.1 Å². The van der Waals surface area contributed by atoms with Crippen LogP contribution in [0.25, 0.3) is 0 Å². The molecule has 0 unspecified atom stereocenters. The topological polar surface area (TPSA) is 54.3 Å². The van der Waals surface area contributed by atoms with Crippen molar-refractivity contribution in [2.24, 2.45) is 5.41 Å². The Hall–Kier alpha value is -1.73. The van der Waals surface area contributed by atoms with Crippen molar-refractivity contribution in [2.45, 2.75) is 20.8 Å². The fourth-order valence-corrected chi connectivity index (χ4v) is 2.34. The predicted octanol–water partition coefficient (Wildman–Crippen LogP) is 2.57. The Balaban J connectivity index is 2.25. The van der Waals surface area contributed by atoms with Gasteiger partial charge in [-0.3, -0.25) is 0 Å². The first-order chi connectivity index (χ1) is 9.03. The molecule has 0 radical (unpaired) electrons. The third kappa shape index (κ3) is 2.39. The average molecular weight is 260 g/mol. The van der Waals surface area contributed by atoms with E-state index in [9.17, 15) is 5.26 Å². The number of nitriles is 1. The summed E-state index contributed by atoms with van der Waals surface area (Å²) >= 11 is 0. The zero-order valence-corrected chi connectivity index (χ0v) is 12.0. The zero-order valence-electron chi connectivity index (χ0n) is 12.0. The number of rotatable bonds is 4. The molecule has 1 aliphatic heterocycles. The summed E-state index contributed by atoms with van der Waals surface area (Å²) in [6.45, 7) is 7.76. The van der Waals surface area contributed by atoms with Crippen molar-refractivity contribution < 1.29 is 9.47 Å². The first kappa shape index (κ1) is 13.7. The highest BCUT2D eigenvalue weighted by molar-refractivity contribution is 5.66. The standard InChI is InChI=1S/C15H20N2O2/c1-10-5-11(2)13(14(18-4)12(10)3)17-7-15(6-16)8-19-9-15/h5,17H,7-9H2,1-4H3. The summed E-state index contributed by atoms with van der Waals surface area (Å²) < 4.78 is 10.7. The van der Waals surface area contributed by atoms with Gasteiger partial charge in [-0.15, -0.1) is 0 Å². The predicted molar refractivity (Wildman–Crippen MR) is 74.6 cm³/mol. The van der Waals surface area contributed by atoms with Gasteiger partial charge in [0.15, 0.2) is 0 Å². The van der Waals surface area contributed by atoms with Gasteiger partial charge in [-0.05, 0) is 37.5 Å². The number of hydrogen-bond acceptors (Lipinski definition) is 4. The number of hydrogen-bond donors (Lipinski definition) is 1. The molecule has 0 amide bonds. The molecule has 4 nitrogen and oxygen atoms in total. The van der Waals surface area contributed by atoms with Crippen molar-refractivity contribution in [1.29, 1.82) is 5.26 Å². The Morgan fingerprint density at radius 1 is 1.37 bits per heavy atom. The van der Waals surface area contributed by atoms with Crippen LogP contribution in [0.3, 0.4) is 0 Å². The lowest BCUT2D eigenvalue weighted by Crippen LogP contribution is -2.46. The second-order valence-electron chi connectivity index (χ2n) is 5.28. The summed E-state index contributed by atoms with van der Waals surface area (Å²) in [6.07, 6.45) is 0. The molecule has 0 aromatic heterocycles. The normalized spacial score (nSPS) is 16.4. The summed E-state index contributed by atoms with van der Waals surface area (Å²) in [5.74, 6) is 0.867. The van der Waals surface area contributed by atoms with Crippen LogP contribution in [0.5, 0.6) is 5.75 Å². The zero-order chi connectivity index (χ0) is 14.0. The highest BCUT2D eigenvalue weighted by Crippen LogP contribution is 2.36. The van der Waals surface area contributed by atoms with Gasteiger partial charge >= 0.3 is 0 Å². The molecule has 4 heteroatoms. The number of nitrogens with one attached hydrogen (secondary N) is 1. The molecule has 1 aromatic rings. The van der Waals surface area contributed by atoms with E-state index in [1.54, 1.807) is 7.11 Å². The second-order valence-corrected chi connectivity index (χ2v) is 5.28. The van der Waals surface area contributed by atoms with Gasteiger partial charge in [-0.25, -0.2) is 0 Å². The van der Waals surface area contributed by atoms with Crippen LogP contribution >= 0.6 is 0 Å². The third-order valence-electron chi connectivity index (χ3n) is 3.79. The van der Waals surface area contributed by atoms with Gasteiger partial charge < -0.3 is 14.8 Å². The molecule has 1 aliphatic rings. The minimum Gasteiger partial charge on any atom is -0.494 e. The van der Waals surface area contributed by atoms with Crippen molar-refractivity contribution >= 4 is 5.69 Å². The average Bonchev–Trinajstić information content (AvgIpc) is 2.34. The Morgan fingerprint density at radius 2 is 2.05 bits per heavy atom. The quantitative estimate of drug-likeness (QED) is 0.904. The third-order valence-corrected chi connectivity index (χ3v) is 3.79. The van der Waals surface area contributed by atoms with Crippen LogP contribution in [-0.2, 0) is 4.74 Å². The minimum absolute atomic E-state index is 0.393. The van der Waals surface area contributed by atoms with E-state index in [1.165, 1.54) is 5.56 Å². The fraction of sp³-hybridized carbons (Fsp3) is 0.533. The SMILES string of the molecule is COc1c(C)c(C)cc(C)c1NCC1(C#N)COC1. The van der Waals surface area contributed by atoms with Gasteiger partial charge in [0.25, 0.3) is 0 Å². The molecule has 1 N–H and O–H groups in total. The van der Waals surface area contributed by atoms with Crippen molar-refractivity contribution in [3.8, 4) is 11.8 Å². The van der Waals surface area contributed by atoms with Gasteiger partial charge in [-0.2, -0.15) is 5.26 Å². The van der Waals surface area contributed by atoms with E-state index in [1.807, 2.05) is 13.8 Å². The van der Waals surface area contributed by atoms with Gasteiger partial charge in [-0.1, -0.05) is 6.07 Å². The minimum atomic E-state index is -0.393. The second kappa shape index (κ2) is 5.10. The van der Waals surface area contributed by atoms with Crippen molar-refractivity contribution in [3.63, 3.8) is 0 Å². The van der Waals surface area contributed by atoms with Crippen LogP contribution in [0.2, 0.25) is 0 Å². The molecular weight excluding hydrogens is 240 g/mol. The van der Waals surface area contributed by atoms with E-state index in [0.29, 0.717) is 19.8 Å². The maximum atomic E-state index is 9.21. The van der Waals surface area contributed by atoms with Gasteiger partial charge in [0.05, 0.1) is 32.1 Å². The molecule has 19 heavy (non-hydrogen) atoms. The molecule has 1 aromatic carbocycles. The maximum absolute atomic E-state index is 9.21. The van der Waals surface area contributed by atoms with Gasteiger partial charge in [0.1, 0.15) is 11.2 Å². The van der Waals surface area contributed by atoms with E-state index < -0.39 is 5.41 Å². The lowest BCUT2D eigenvalue weighted by atomic mass is 9.87. The molecule has 0 saturated carbocycles. The molecule has 1 saturated heterocycles. The molecule has 2 rings (SSSR count). The smallest absolute Gasteiger partial charge is 0.145 e. The molecule has 0 aliphatic carbocycles. The van der Waals surface area contributed by atoms with E-state index in [4.69, 9.17) is 9.47 Å². The van der Waals surface area contributed by atoms with Gasteiger partial charge in [0, 0.05) is 6.54 Å². The Bertz CT molecular complexity index is 528. The van der Waals surface area contributed by atoms with Gasteiger partial charge in [0.2, 0.25) is 0 Å². The Morgan fingerprint density at radius 3 is 2.53 bits per heavy atom. The molecule has 0 spiro atoms. The molecular formula is C15H20N2O2. The largest absolute Gasteiger partial charge is 0.494 e. The fourth-order valence-electron chi connectivity index (χ4n) is 2.34. The number of benzene rings is 1. The number of methoxy groups -OCH3 is 1. The Labute approximate surface area is 114 Å². The summed E-state index contributed by atoms with van der Waals surface area (Å²) in [7, 11) is 1.68. The van der Waals surface area contributed by atoms with Crippen molar-refractivity contribution in [1.82, 2.24) is 0 Å². The first-order valence-electron chi connectivity index (χ1n) is 6.40. The van der Waals surface area contributed by atoms with E-state index in [2.05, 4.69) is 24.4 Å². The number of aryl methyl sites for hydroxylation is 2. The van der Waals surface area contributed by atoms with Crippen LogP contribution in [-0.4, -0.2) is 26.9 Å². The summed E-state index contributed by atoms with van der Waals surface area (Å²) in [5, 5.41) is 12.6. The lowest BCUT2D eigenvalue weighted by Gasteiger charge is -2.35. The van der Waals surface area contributed by atoms with E-state index in [-0.39, 0.29) is 0 Å². The van der Waals surface area contributed by atoms with Crippen LogP contribution in [0.1, 0.15) is 16.7 Å². The van der Waals surface area contributed by atoms with Crippen LogP contribution in [0.4, 0.5) is 5.69 Å². The van der Waals surface area contributed by atoms with Crippen LogP contribution in [0, 0.1) is 37.5 Å². The monoisotopic (exact) mass is 260 g/mol. The highest BCUT2D eigenvalue weighted by Gasteiger charge is 2.39. The Kier molecular flexibility index (Phi) is 3.68. The van der Waals surface area contributed by atoms with Crippen LogP contribution in [0.15, 0.2) is 6.07 Å². The number of nitrogens with zero attached hydrogens (tertiary/aromatic N) is 1.